The summed E-state index contributed by atoms with van der Waals surface area (Å²) in [5.41, 5.74) is 0.356. The minimum atomic E-state index is -4.76. The Hall–Kier alpha value is -1.36. The van der Waals surface area contributed by atoms with Crippen LogP contribution in [-0.2, 0) is 0 Å². The molecule has 0 amide bonds. The molecule has 0 saturated heterocycles. The standard InChI is InChI=1S/C9H3ClF3O2/c10-8-5-3-4-14-6(5)1-2-7(8)15-9(11,12)13/h1-2,4H. The van der Waals surface area contributed by atoms with E-state index in [2.05, 4.69) is 10.8 Å². The molecule has 1 heterocycles. The summed E-state index contributed by atoms with van der Waals surface area (Å²) in [4.78, 5) is 0. The molecule has 0 aliphatic carbocycles. The molecule has 0 spiro atoms. The van der Waals surface area contributed by atoms with Crippen molar-refractivity contribution in [1.82, 2.24) is 0 Å². The van der Waals surface area contributed by atoms with Gasteiger partial charge in [-0.3, -0.25) is 0 Å². The van der Waals surface area contributed by atoms with Crippen LogP contribution in [0.1, 0.15) is 0 Å². The van der Waals surface area contributed by atoms with Gasteiger partial charge in [-0.15, -0.1) is 13.2 Å². The van der Waals surface area contributed by atoms with Crippen molar-refractivity contribution in [3.63, 3.8) is 0 Å². The summed E-state index contributed by atoms with van der Waals surface area (Å²) in [6.45, 7) is 0. The van der Waals surface area contributed by atoms with Crippen molar-refractivity contribution in [3.05, 3.63) is 29.5 Å². The normalized spacial score (nSPS) is 12.0. The predicted octanol–water partition coefficient (Wildman–Crippen LogP) is 3.78. The van der Waals surface area contributed by atoms with Gasteiger partial charge < -0.3 is 9.15 Å². The van der Waals surface area contributed by atoms with E-state index in [1.807, 2.05) is 0 Å². The van der Waals surface area contributed by atoms with Gasteiger partial charge in [-0.2, -0.15) is 0 Å². The first-order chi connectivity index (χ1) is 6.97. The van der Waals surface area contributed by atoms with Crippen LogP contribution < -0.4 is 4.74 Å². The summed E-state index contributed by atoms with van der Waals surface area (Å²) in [6, 6.07) is 4.99. The Kier molecular flexibility index (Phi) is 2.26. The Bertz CT molecular complexity index is 490. The number of furan rings is 1. The largest absolute Gasteiger partial charge is 0.573 e. The molecule has 0 atom stereocenters. The average Bonchev–Trinajstić information content (AvgIpc) is 2.56. The molecule has 0 saturated carbocycles. The van der Waals surface area contributed by atoms with Crippen molar-refractivity contribution in [3.8, 4) is 5.75 Å². The fraction of sp³-hybridized carbons (Fsp3) is 0.111. The monoisotopic (exact) mass is 235 g/mol. The lowest BCUT2D eigenvalue weighted by Gasteiger charge is -2.09. The molecule has 15 heavy (non-hydrogen) atoms. The molecular weight excluding hydrogens is 233 g/mol. The number of hydrogen-bond acceptors (Lipinski definition) is 2. The predicted molar refractivity (Wildman–Crippen MR) is 46.7 cm³/mol. The van der Waals surface area contributed by atoms with E-state index in [1.165, 1.54) is 12.3 Å². The van der Waals surface area contributed by atoms with E-state index in [0.29, 0.717) is 5.58 Å². The Labute approximate surface area is 87.2 Å². The highest BCUT2D eigenvalue weighted by Crippen LogP contribution is 2.35. The van der Waals surface area contributed by atoms with Crippen LogP contribution in [-0.4, -0.2) is 6.36 Å². The maximum absolute atomic E-state index is 11.9. The fourth-order valence-electron chi connectivity index (χ4n) is 1.13. The average molecular weight is 236 g/mol. The number of alkyl halides is 3. The Morgan fingerprint density at radius 3 is 2.73 bits per heavy atom. The molecular formula is C9H3ClF3O2. The van der Waals surface area contributed by atoms with Gasteiger partial charge in [-0.05, 0) is 12.1 Å². The lowest BCUT2D eigenvalue weighted by atomic mass is 10.2. The summed E-state index contributed by atoms with van der Waals surface area (Å²) in [6.07, 6.45) is -3.55. The van der Waals surface area contributed by atoms with Crippen LogP contribution in [0.25, 0.3) is 11.0 Å². The van der Waals surface area contributed by atoms with Gasteiger partial charge in [0.25, 0.3) is 0 Å². The van der Waals surface area contributed by atoms with Gasteiger partial charge in [-0.1, -0.05) is 11.6 Å². The molecule has 6 heteroatoms. The smallest absolute Gasteiger partial charge is 0.464 e. The molecule has 0 aliphatic heterocycles. The molecule has 0 bridgehead atoms. The van der Waals surface area contributed by atoms with Gasteiger partial charge >= 0.3 is 6.36 Å². The third-order valence-corrected chi connectivity index (χ3v) is 2.06. The van der Waals surface area contributed by atoms with E-state index in [-0.39, 0.29) is 10.4 Å². The fourth-order valence-corrected chi connectivity index (χ4v) is 1.38. The van der Waals surface area contributed by atoms with Gasteiger partial charge in [0.15, 0.2) is 0 Å². The molecule has 79 valence electrons. The number of benzene rings is 1. The van der Waals surface area contributed by atoms with E-state index in [1.54, 1.807) is 0 Å². The van der Waals surface area contributed by atoms with Crippen LogP contribution >= 0.6 is 11.6 Å². The number of ether oxygens (including phenoxy) is 1. The molecule has 2 aromatic rings. The zero-order valence-corrected chi connectivity index (χ0v) is 7.82. The van der Waals surface area contributed by atoms with Crippen LogP contribution in [0.2, 0.25) is 5.02 Å². The highest BCUT2D eigenvalue weighted by Gasteiger charge is 2.32. The zero-order valence-electron chi connectivity index (χ0n) is 7.06. The second-order valence-corrected chi connectivity index (χ2v) is 3.06. The van der Waals surface area contributed by atoms with Crippen molar-refractivity contribution in [2.75, 3.05) is 0 Å². The van der Waals surface area contributed by atoms with E-state index in [9.17, 15) is 13.2 Å². The van der Waals surface area contributed by atoms with Gasteiger partial charge in [0.1, 0.15) is 11.3 Å². The highest BCUT2D eigenvalue weighted by molar-refractivity contribution is 6.36. The molecule has 0 N–H and O–H groups in total. The minimum absolute atomic E-state index is 0.168. The van der Waals surface area contributed by atoms with Crippen molar-refractivity contribution in [2.24, 2.45) is 0 Å². The molecule has 1 aromatic heterocycles. The first kappa shape index (κ1) is 10.2. The van der Waals surface area contributed by atoms with Crippen molar-refractivity contribution < 1.29 is 22.3 Å². The van der Waals surface area contributed by atoms with Gasteiger partial charge in [0, 0.05) is 6.07 Å². The second-order valence-electron chi connectivity index (χ2n) is 2.68. The first-order valence-corrected chi connectivity index (χ1v) is 4.18. The Balaban J connectivity index is 2.48. The number of hydrogen-bond donors (Lipinski definition) is 0. The molecule has 2 nitrogen and oxygen atoms in total. The summed E-state index contributed by atoms with van der Waals surface area (Å²) < 4.78 is 44.4. The first-order valence-electron chi connectivity index (χ1n) is 3.80. The minimum Gasteiger partial charge on any atom is -0.464 e. The maximum atomic E-state index is 11.9. The number of halogens is 4. The van der Waals surface area contributed by atoms with Crippen molar-refractivity contribution in [1.29, 1.82) is 0 Å². The van der Waals surface area contributed by atoms with E-state index in [0.717, 1.165) is 6.07 Å². The van der Waals surface area contributed by atoms with Crippen LogP contribution in [0.15, 0.2) is 22.8 Å². The summed E-state index contributed by atoms with van der Waals surface area (Å²) in [5, 5.41) is 0.0944. The van der Waals surface area contributed by atoms with Crippen LogP contribution in [0.5, 0.6) is 5.75 Å². The maximum Gasteiger partial charge on any atom is 0.573 e. The Morgan fingerprint density at radius 2 is 2.07 bits per heavy atom. The lowest BCUT2D eigenvalue weighted by Crippen LogP contribution is -2.17. The third kappa shape index (κ3) is 2.02. The van der Waals surface area contributed by atoms with Gasteiger partial charge in [0.05, 0.1) is 16.7 Å². The van der Waals surface area contributed by atoms with Gasteiger partial charge in [0.2, 0.25) is 0 Å². The molecule has 2 rings (SSSR count). The van der Waals surface area contributed by atoms with Crippen molar-refractivity contribution >= 4 is 22.6 Å². The third-order valence-electron chi connectivity index (χ3n) is 1.68. The number of fused-ring (bicyclic) bond motifs is 1. The van der Waals surface area contributed by atoms with Crippen molar-refractivity contribution in [2.45, 2.75) is 6.36 Å². The molecule has 0 aliphatic rings. The SMILES string of the molecule is FC(F)(F)Oc1ccc2oc[c]c2c1Cl. The Morgan fingerprint density at radius 1 is 1.33 bits per heavy atom. The zero-order chi connectivity index (χ0) is 11.1. The summed E-state index contributed by atoms with van der Waals surface area (Å²) in [5.74, 6) is -0.464. The molecule has 1 aromatic carbocycles. The molecule has 1 radical (unpaired) electrons. The number of rotatable bonds is 1. The van der Waals surface area contributed by atoms with E-state index < -0.39 is 12.1 Å². The van der Waals surface area contributed by atoms with E-state index in [4.69, 9.17) is 16.0 Å². The highest BCUT2D eigenvalue weighted by atomic mass is 35.5. The van der Waals surface area contributed by atoms with E-state index >= 15 is 0 Å². The second kappa shape index (κ2) is 3.34. The summed E-state index contributed by atoms with van der Waals surface area (Å²) in [7, 11) is 0. The molecule has 0 unspecified atom stereocenters. The van der Waals surface area contributed by atoms with Crippen LogP contribution in [0, 0.1) is 6.07 Å². The molecule has 0 fully saturated rings. The topological polar surface area (TPSA) is 22.4 Å². The lowest BCUT2D eigenvalue weighted by molar-refractivity contribution is -0.274. The van der Waals surface area contributed by atoms with Gasteiger partial charge in [-0.25, -0.2) is 0 Å². The summed E-state index contributed by atoms with van der Waals surface area (Å²) >= 11 is 5.67. The van der Waals surface area contributed by atoms with Crippen LogP contribution in [0.4, 0.5) is 13.2 Å². The van der Waals surface area contributed by atoms with Crippen LogP contribution in [0.3, 0.4) is 0 Å². The quantitative estimate of drug-likeness (QED) is 0.750.